The molecule has 4 heteroatoms. The third-order valence-corrected chi connectivity index (χ3v) is 2.91. The van der Waals surface area contributed by atoms with Gasteiger partial charge in [0.2, 0.25) is 0 Å². The van der Waals surface area contributed by atoms with Crippen molar-refractivity contribution in [1.82, 2.24) is 9.55 Å². The SMILES string of the molecule is N=C(N)c1ccc(-n2cnc3ccccc32)cc1. The van der Waals surface area contributed by atoms with Crippen molar-refractivity contribution < 1.29 is 0 Å². The fourth-order valence-corrected chi connectivity index (χ4v) is 1.97. The van der Waals surface area contributed by atoms with Crippen molar-refractivity contribution in [2.45, 2.75) is 0 Å². The number of imidazole rings is 1. The van der Waals surface area contributed by atoms with Gasteiger partial charge in [-0.25, -0.2) is 4.98 Å². The topological polar surface area (TPSA) is 67.7 Å². The van der Waals surface area contributed by atoms with Gasteiger partial charge in [0, 0.05) is 11.3 Å². The highest BCUT2D eigenvalue weighted by atomic mass is 15.0. The second kappa shape index (κ2) is 4.00. The lowest BCUT2D eigenvalue weighted by molar-refractivity contribution is 1.09. The summed E-state index contributed by atoms with van der Waals surface area (Å²) in [6.07, 6.45) is 1.80. The molecule has 0 fully saturated rings. The van der Waals surface area contributed by atoms with Crippen LogP contribution < -0.4 is 5.73 Å². The molecule has 0 amide bonds. The van der Waals surface area contributed by atoms with Crippen LogP contribution in [0.25, 0.3) is 16.7 Å². The Morgan fingerprint density at radius 2 is 1.78 bits per heavy atom. The van der Waals surface area contributed by atoms with Gasteiger partial charge in [0.1, 0.15) is 12.2 Å². The number of amidine groups is 1. The largest absolute Gasteiger partial charge is 0.384 e. The van der Waals surface area contributed by atoms with E-state index in [-0.39, 0.29) is 5.84 Å². The molecule has 4 nitrogen and oxygen atoms in total. The van der Waals surface area contributed by atoms with Crippen LogP contribution in [0.5, 0.6) is 0 Å². The molecule has 3 N–H and O–H groups in total. The summed E-state index contributed by atoms with van der Waals surface area (Å²) in [7, 11) is 0. The second-order valence-electron chi connectivity index (χ2n) is 4.06. The minimum absolute atomic E-state index is 0.0806. The molecule has 0 unspecified atom stereocenters. The van der Waals surface area contributed by atoms with E-state index in [4.69, 9.17) is 11.1 Å². The van der Waals surface area contributed by atoms with Gasteiger partial charge in [-0.15, -0.1) is 0 Å². The standard InChI is InChI=1S/C14H12N4/c15-14(16)10-5-7-11(8-6-10)18-9-17-12-3-1-2-4-13(12)18/h1-9H,(H3,15,16). The summed E-state index contributed by atoms with van der Waals surface area (Å²) in [6, 6.07) is 15.5. The van der Waals surface area contributed by atoms with E-state index in [1.54, 1.807) is 6.33 Å². The maximum Gasteiger partial charge on any atom is 0.122 e. The zero-order valence-corrected chi connectivity index (χ0v) is 9.67. The number of rotatable bonds is 2. The molecule has 0 atom stereocenters. The summed E-state index contributed by atoms with van der Waals surface area (Å²) in [5, 5.41) is 7.37. The summed E-state index contributed by atoms with van der Waals surface area (Å²) >= 11 is 0. The van der Waals surface area contributed by atoms with Crippen LogP contribution in [-0.4, -0.2) is 15.4 Å². The molecular weight excluding hydrogens is 224 g/mol. The third kappa shape index (κ3) is 1.64. The predicted octanol–water partition coefficient (Wildman–Crippen LogP) is 2.31. The first kappa shape index (κ1) is 10.5. The maximum absolute atomic E-state index is 7.37. The molecule has 0 aliphatic heterocycles. The Morgan fingerprint density at radius 3 is 2.50 bits per heavy atom. The molecule has 0 radical (unpaired) electrons. The number of nitrogens with zero attached hydrogens (tertiary/aromatic N) is 2. The predicted molar refractivity (Wildman–Crippen MR) is 72.1 cm³/mol. The molecule has 0 bridgehead atoms. The number of benzene rings is 2. The van der Waals surface area contributed by atoms with Crippen molar-refractivity contribution >= 4 is 16.9 Å². The Hall–Kier alpha value is -2.62. The maximum atomic E-state index is 7.37. The quantitative estimate of drug-likeness (QED) is 0.529. The normalized spacial score (nSPS) is 10.7. The summed E-state index contributed by atoms with van der Waals surface area (Å²) < 4.78 is 2.01. The minimum atomic E-state index is 0.0806. The van der Waals surface area contributed by atoms with Crippen molar-refractivity contribution in [1.29, 1.82) is 5.41 Å². The second-order valence-corrected chi connectivity index (χ2v) is 4.06. The molecular formula is C14H12N4. The lowest BCUT2D eigenvalue weighted by Crippen LogP contribution is -2.10. The van der Waals surface area contributed by atoms with Gasteiger partial charge in [-0.05, 0) is 36.4 Å². The number of aromatic nitrogens is 2. The van der Waals surface area contributed by atoms with Crippen molar-refractivity contribution in [3.8, 4) is 5.69 Å². The van der Waals surface area contributed by atoms with Gasteiger partial charge in [-0.3, -0.25) is 9.98 Å². The molecule has 1 aromatic heterocycles. The van der Waals surface area contributed by atoms with Gasteiger partial charge in [-0.2, -0.15) is 0 Å². The van der Waals surface area contributed by atoms with Crippen LogP contribution in [0.1, 0.15) is 5.56 Å². The zero-order valence-electron chi connectivity index (χ0n) is 9.67. The van der Waals surface area contributed by atoms with Gasteiger partial charge in [0.15, 0.2) is 0 Å². The van der Waals surface area contributed by atoms with Crippen LogP contribution >= 0.6 is 0 Å². The van der Waals surface area contributed by atoms with Crippen LogP contribution in [0.15, 0.2) is 54.9 Å². The number of nitrogen functional groups attached to an aromatic ring is 1. The number of hydrogen-bond donors (Lipinski definition) is 2. The number of nitrogens with one attached hydrogen (secondary N) is 1. The lowest BCUT2D eigenvalue weighted by Gasteiger charge is -2.05. The van der Waals surface area contributed by atoms with Crippen LogP contribution in [-0.2, 0) is 0 Å². The molecule has 18 heavy (non-hydrogen) atoms. The highest BCUT2D eigenvalue weighted by molar-refractivity contribution is 5.95. The fourth-order valence-electron chi connectivity index (χ4n) is 1.97. The average molecular weight is 236 g/mol. The average Bonchev–Trinajstić information content (AvgIpc) is 2.82. The first-order chi connectivity index (χ1) is 8.75. The van der Waals surface area contributed by atoms with Crippen LogP contribution in [0, 0.1) is 5.41 Å². The lowest BCUT2D eigenvalue weighted by atomic mass is 10.2. The molecule has 0 saturated carbocycles. The molecule has 3 aromatic rings. The number of para-hydroxylation sites is 2. The monoisotopic (exact) mass is 236 g/mol. The van der Waals surface area contributed by atoms with Gasteiger partial charge in [0.25, 0.3) is 0 Å². The van der Waals surface area contributed by atoms with Gasteiger partial charge < -0.3 is 5.73 Å². The minimum Gasteiger partial charge on any atom is -0.384 e. The van der Waals surface area contributed by atoms with E-state index >= 15 is 0 Å². The Balaban J connectivity index is 2.12. The smallest absolute Gasteiger partial charge is 0.122 e. The van der Waals surface area contributed by atoms with E-state index in [0.29, 0.717) is 0 Å². The summed E-state index contributed by atoms with van der Waals surface area (Å²) in [5.74, 6) is 0.0806. The van der Waals surface area contributed by atoms with E-state index in [1.165, 1.54) is 0 Å². The van der Waals surface area contributed by atoms with Crippen molar-refractivity contribution in [2.75, 3.05) is 0 Å². The van der Waals surface area contributed by atoms with Crippen molar-refractivity contribution in [3.63, 3.8) is 0 Å². The van der Waals surface area contributed by atoms with Crippen molar-refractivity contribution in [2.24, 2.45) is 5.73 Å². The summed E-state index contributed by atoms with van der Waals surface area (Å²) in [5.41, 5.74) is 9.20. The van der Waals surface area contributed by atoms with Crippen LogP contribution in [0.4, 0.5) is 0 Å². The van der Waals surface area contributed by atoms with E-state index < -0.39 is 0 Å². The zero-order chi connectivity index (χ0) is 12.5. The molecule has 88 valence electrons. The number of nitrogens with two attached hydrogens (primary N) is 1. The third-order valence-electron chi connectivity index (χ3n) is 2.91. The van der Waals surface area contributed by atoms with Gasteiger partial charge in [-0.1, -0.05) is 12.1 Å². The fraction of sp³-hybridized carbons (Fsp3) is 0. The number of hydrogen-bond acceptors (Lipinski definition) is 2. The summed E-state index contributed by atoms with van der Waals surface area (Å²) in [4.78, 5) is 4.35. The van der Waals surface area contributed by atoms with E-state index in [1.807, 2.05) is 53.1 Å². The Labute approximate surface area is 104 Å². The molecule has 0 aliphatic carbocycles. The van der Waals surface area contributed by atoms with E-state index in [2.05, 4.69) is 4.98 Å². The molecule has 0 aliphatic rings. The number of fused-ring (bicyclic) bond motifs is 1. The molecule has 1 heterocycles. The summed E-state index contributed by atoms with van der Waals surface area (Å²) in [6.45, 7) is 0. The Bertz CT molecular complexity index is 710. The molecule has 0 spiro atoms. The van der Waals surface area contributed by atoms with E-state index in [9.17, 15) is 0 Å². The van der Waals surface area contributed by atoms with Gasteiger partial charge >= 0.3 is 0 Å². The first-order valence-corrected chi connectivity index (χ1v) is 5.62. The first-order valence-electron chi connectivity index (χ1n) is 5.62. The molecule has 2 aromatic carbocycles. The Morgan fingerprint density at radius 1 is 1.06 bits per heavy atom. The highest BCUT2D eigenvalue weighted by Gasteiger charge is 2.04. The van der Waals surface area contributed by atoms with Crippen LogP contribution in [0.3, 0.4) is 0 Å². The molecule has 0 saturated heterocycles. The van der Waals surface area contributed by atoms with Gasteiger partial charge in [0.05, 0.1) is 11.0 Å². The Kier molecular flexibility index (Phi) is 2.34. The molecule has 3 rings (SSSR count). The van der Waals surface area contributed by atoms with Crippen molar-refractivity contribution in [3.05, 3.63) is 60.4 Å². The van der Waals surface area contributed by atoms with E-state index in [0.717, 1.165) is 22.3 Å². The van der Waals surface area contributed by atoms with Crippen LogP contribution in [0.2, 0.25) is 0 Å². The highest BCUT2D eigenvalue weighted by Crippen LogP contribution is 2.18.